The maximum atomic E-state index is 10.7. The largest absolute Gasteiger partial charge is 0.368 e. The number of rotatable bonds is 1. The van der Waals surface area contributed by atoms with Gasteiger partial charge in [-0.2, -0.15) is 10.1 Å². The highest BCUT2D eigenvalue weighted by atomic mass is 16.1. The van der Waals surface area contributed by atoms with Crippen molar-refractivity contribution in [2.24, 2.45) is 5.73 Å². The molecule has 0 bridgehead atoms. The normalized spacial score (nSPS) is 20.9. The Balaban J connectivity index is 2.22. The Labute approximate surface area is 62.4 Å². The highest BCUT2D eigenvalue weighted by Crippen LogP contribution is 2.12. The van der Waals surface area contributed by atoms with Crippen LogP contribution in [0, 0.1) is 0 Å². The number of primary amides is 1. The van der Waals surface area contributed by atoms with Crippen LogP contribution in [0.1, 0.15) is 0 Å². The Morgan fingerprint density at radius 2 is 2.73 bits per heavy atom. The summed E-state index contributed by atoms with van der Waals surface area (Å²) >= 11 is 0. The number of nitrogens with one attached hydrogen (secondary N) is 1. The Morgan fingerprint density at radius 3 is 3.36 bits per heavy atom. The lowest BCUT2D eigenvalue weighted by Crippen LogP contribution is -2.34. The molecule has 6 nitrogen and oxygen atoms in total. The second kappa shape index (κ2) is 1.94. The third-order valence-electron chi connectivity index (χ3n) is 1.62. The number of hydrogen-bond donors (Lipinski definition) is 2. The Kier molecular flexibility index (Phi) is 1.09. The van der Waals surface area contributed by atoms with E-state index in [2.05, 4.69) is 15.4 Å². The summed E-state index contributed by atoms with van der Waals surface area (Å²) < 4.78 is 1.61. The zero-order valence-corrected chi connectivity index (χ0v) is 5.69. The van der Waals surface area contributed by atoms with Gasteiger partial charge in [0.2, 0.25) is 11.9 Å². The number of amides is 1. The third-order valence-corrected chi connectivity index (χ3v) is 1.62. The minimum absolute atomic E-state index is 0.355. The van der Waals surface area contributed by atoms with E-state index >= 15 is 0 Å². The lowest BCUT2D eigenvalue weighted by Gasteiger charge is -2.01. The summed E-state index contributed by atoms with van der Waals surface area (Å²) in [6.07, 6.45) is 1.43. The lowest BCUT2D eigenvalue weighted by atomic mass is 10.3. The first-order chi connectivity index (χ1) is 5.27. The third kappa shape index (κ3) is 0.830. The van der Waals surface area contributed by atoms with Crippen LogP contribution >= 0.6 is 0 Å². The topological polar surface area (TPSA) is 85.8 Å². The molecule has 58 valence electrons. The van der Waals surface area contributed by atoms with Crippen LogP contribution in [-0.2, 0) is 11.3 Å². The molecule has 0 radical (unpaired) electrons. The molecular weight excluding hydrogens is 146 g/mol. The van der Waals surface area contributed by atoms with Gasteiger partial charge in [-0.15, -0.1) is 0 Å². The fraction of sp³-hybridized carbons (Fsp3) is 0.400. The molecule has 1 aromatic heterocycles. The summed E-state index contributed by atoms with van der Waals surface area (Å²) in [7, 11) is 0. The van der Waals surface area contributed by atoms with E-state index < -0.39 is 0 Å². The van der Waals surface area contributed by atoms with Crippen molar-refractivity contribution >= 4 is 11.9 Å². The highest BCUT2D eigenvalue weighted by Gasteiger charge is 2.25. The van der Waals surface area contributed by atoms with E-state index in [0.29, 0.717) is 12.5 Å². The smallest absolute Gasteiger partial charge is 0.241 e. The Hall–Kier alpha value is -1.59. The molecular formula is C5H7N5O. The molecule has 1 unspecified atom stereocenters. The van der Waals surface area contributed by atoms with Crippen molar-refractivity contribution in [1.29, 1.82) is 0 Å². The first kappa shape index (κ1) is 6.14. The molecule has 3 N–H and O–H groups in total. The van der Waals surface area contributed by atoms with E-state index in [4.69, 9.17) is 5.73 Å². The van der Waals surface area contributed by atoms with Crippen LogP contribution in [0.5, 0.6) is 0 Å². The van der Waals surface area contributed by atoms with Crippen molar-refractivity contribution in [2.75, 3.05) is 5.32 Å². The molecule has 0 saturated heterocycles. The molecule has 11 heavy (non-hydrogen) atoms. The summed E-state index contributed by atoms with van der Waals surface area (Å²) in [4.78, 5) is 14.5. The van der Waals surface area contributed by atoms with Crippen molar-refractivity contribution in [3.05, 3.63) is 6.33 Å². The number of aromatic nitrogens is 3. The van der Waals surface area contributed by atoms with E-state index in [1.807, 2.05) is 0 Å². The fourth-order valence-electron chi connectivity index (χ4n) is 1.05. The van der Waals surface area contributed by atoms with Gasteiger partial charge in [-0.3, -0.25) is 4.79 Å². The summed E-state index contributed by atoms with van der Waals surface area (Å²) in [5.74, 6) is 0.228. The standard InChI is InChI=1S/C5H7N5O/c6-4(11)3-1-10-5(9-3)7-2-8-10/h2-3H,1H2,(H2,6,11)(H,7,8,9). The molecule has 6 heteroatoms. The Bertz CT molecular complexity index is 272. The van der Waals surface area contributed by atoms with E-state index in [9.17, 15) is 4.79 Å². The van der Waals surface area contributed by atoms with E-state index in [0.717, 1.165) is 0 Å². The summed E-state index contributed by atoms with van der Waals surface area (Å²) in [6.45, 7) is 0.477. The van der Waals surface area contributed by atoms with Gasteiger partial charge in [-0.25, -0.2) is 4.68 Å². The predicted octanol–water partition coefficient (Wildman–Crippen LogP) is -1.44. The molecule has 0 aliphatic carbocycles. The van der Waals surface area contributed by atoms with Crippen molar-refractivity contribution in [3.63, 3.8) is 0 Å². The molecule has 1 aliphatic heterocycles. The van der Waals surface area contributed by atoms with Crippen molar-refractivity contribution in [3.8, 4) is 0 Å². The molecule has 2 heterocycles. The van der Waals surface area contributed by atoms with E-state index in [1.54, 1.807) is 4.68 Å². The molecule has 0 spiro atoms. The first-order valence-electron chi connectivity index (χ1n) is 3.21. The number of fused-ring (bicyclic) bond motifs is 1. The maximum Gasteiger partial charge on any atom is 0.241 e. The van der Waals surface area contributed by atoms with Crippen LogP contribution in [0.15, 0.2) is 6.33 Å². The minimum Gasteiger partial charge on any atom is -0.368 e. The number of carbonyl (C=O) groups excluding carboxylic acids is 1. The van der Waals surface area contributed by atoms with Gasteiger partial charge in [0.15, 0.2) is 0 Å². The van der Waals surface area contributed by atoms with Gasteiger partial charge >= 0.3 is 0 Å². The van der Waals surface area contributed by atoms with Crippen LogP contribution in [-0.4, -0.2) is 26.7 Å². The zero-order valence-electron chi connectivity index (χ0n) is 5.69. The average molecular weight is 153 g/mol. The summed E-state index contributed by atoms with van der Waals surface area (Å²) in [5, 5.41) is 6.69. The fourth-order valence-corrected chi connectivity index (χ4v) is 1.05. The van der Waals surface area contributed by atoms with Crippen molar-refractivity contribution in [2.45, 2.75) is 12.6 Å². The van der Waals surface area contributed by atoms with E-state index in [1.165, 1.54) is 6.33 Å². The molecule has 0 fully saturated rings. The van der Waals surface area contributed by atoms with Crippen LogP contribution in [0.2, 0.25) is 0 Å². The van der Waals surface area contributed by atoms with Gasteiger partial charge in [-0.1, -0.05) is 0 Å². The Morgan fingerprint density at radius 1 is 1.91 bits per heavy atom. The molecule has 0 aromatic carbocycles. The molecule has 2 rings (SSSR count). The average Bonchev–Trinajstić information content (AvgIpc) is 2.40. The lowest BCUT2D eigenvalue weighted by molar-refractivity contribution is -0.118. The molecule has 0 saturated carbocycles. The minimum atomic E-state index is -0.377. The molecule has 1 aromatic rings. The van der Waals surface area contributed by atoms with Crippen molar-refractivity contribution < 1.29 is 4.79 Å². The monoisotopic (exact) mass is 153 g/mol. The zero-order chi connectivity index (χ0) is 7.84. The molecule has 1 aliphatic rings. The van der Waals surface area contributed by atoms with Crippen LogP contribution in [0.4, 0.5) is 5.95 Å². The molecule has 1 amide bonds. The van der Waals surface area contributed by atoms with Crippen molar-refractivity contribution in [1.82, 2.24) is 14.8 Å². The van der Waals surface area contributed by atoms with E-state index in [-0.39, 0.29) is 11.9 Å². The predicted molar refractivity (Wildman–Crippen MR) is 36.6 cm³/mol. The number of nitrogens with two attached hydrogens (primary N) is 1. The van der Waals surface area contributed by atoms with Gasteiger partial charge < -0.3 is 11.1 Å². The van der Waals surface area contributed by atoms with Gasteiger partial charge in [-0.05, 0) is 0 Å². The second-order valence-electron chi connectivity index (χ2n) is 2.37. The number of carbonyl (C=O) groups is 1. The quantitative estimate of drug-likeness (QED) is 0.517. The van der Waals surface area contributed by atoms with Crippen LogP contribution < -0.4 is 11.1 Å². The SMILES string of the molecule is NC(=O)C1Cn2ncnc2N1. The van der Waals surface area contributed by atoms with Gasteiger partial charge in [0, 0.05) is 0 Å². The number of anilines is 1. The van der Waals surface area contributed by atoms with Gasteiger partial charge in [0.05, 0.1) is 6.54 Å². The summed E-state index contributed by atoms with van der Waals surface area (Å²) in [5.41, 5.74) is 5.07. The number of hydrogen-bond acceptors (Lipinski definition) is 4. The summed E-state index contributed by atoms with van der Waals surface area (Å²) in [6, 6.07) is -0.355. The molecule has 1 atom stereocenters. The van der Waals surface area contributed by atoms with Gasteiger partial charge in [0.25, 0.3) is 0 Å². The van der Waals surface area contributed by atoms with Gasteiger partial charge in [0.1, 0.15) is 12.4 Å². The second-order valence-corrected chi connectivity index (χ2v) is 2.37. The van der Waals surface area contributed by atoms with Crippen LogP contribution in [0.3, 0.4) is 0 Å². The number of nitrogens with zero attached hydrogens (tertiary/aromatic N) is 3. The maximum absolute atomic E-state index is 10.7. The highest BCUT2D eigenvalue weighted by molar-refractivity contribution is 5.83. The van der Waals surface area contributed by atoms with Crippen LogP contribution in [0.25, 0.3) is 0 Å². The first-order valence-corrected chi connectivity index (χ1v) is 3.21.